The van der Waals surface area contributed by atoms with Crippen molar-refractivity contribution in [3.05, 3.63) is 53.4 Å². The first-order chi connectivity index (χ1) is 12.6. The standard InChI is InChI=1S/C20H27N3O3/c1-22(11-5-8-16-6-3-2-4-7-16)20(25)19-14-18(26-21-19)15-23-12-9-17(24)10-13-23/h2-4,6-7,14,17,24H,5,8-13,15H2,1H3. The third kappa shape index (κ3) is 5.16. The summed E-state index contributed by atoms with van der Waals surface area (Å²) in [6.45, 7) is 2.99. The number of carbonyl (C=O) groups is 1. The molecular weight excluding hydrogens is 330 g/mol. The van der Waals surface area contributed by atoms with E-state index in [1.807, 2.05) is 18.2 Å². The lowest BCUT2D eigenvalue weighted by Crippen LogP contribution is -2.35. The van der Waals surface area contributed by atoms with Gasteiger partial charge in [0, 0.05) is 32.7 Å². The Hall–Kier alpha value is -2.18. The second kappa shape index (κ2) is 8.96. The quantitative estimate of drug-likeness (QED) is 0.824. The van der Waals surface area contributed by atoms with Gasteiger partial charge in [-0.3, -0.25) is 9.69 Å². The van der Waals surface area contributed by atoms with E-state index in [9.17, 15) is 9.90 Å². The van der Waals surface area contributed by atoms with Crippen molar-refractivity contribution in [2.45, 2.75) is 38.3 Å². The van der Waals surface area contributed by atoms with Crippen LogP contribution in [0.2, 0.25) is 0 Å². The number of hydrogen-bond acceptors (Lipinski definition) is 5. The third-order valence-corrected chi connectivity index (χ3v) is 4.86. The number of aliphatic hydroxyl groups is 1. The SMILES string of the molecule is CN(CCCc1ccccc1)C(=O)c1cc(CN2CCC(O)CC2)on1. The smallest absolute Gasteiger partial charge is 0.275 e. The number of amides is 1. The zero-order valence-corrected chi connectivity index (χ0v) is 15.3. The predicted octanol–water partition coefficient (Wildman–Crippen LogP) is 2.34. The van der Waals surface area contributed by atoms with Crippen LogP contribution >= 0.6 is 0 Å². The van der Waals surface area contributed by atoms with Crippen LogP contribution in [0.25, 0.3) is 0 Å². The fraction of sp³-hybridized carbons (Fsp3) is 0.500. The Morgan fingerprint density at radius 1 is 1.31 bits per heavy atom. The van der Waals surface area contributed by atoms with Gasteiger partial charge in [-0.1, -0.05) is 35.5 Å². The number of carbonyl (C=O) groups excluding carboxylic acids is 1. The molecule has 0 saturated carbocycles. The largest absolute Gasteiger partial charge is 0.393 e. The van der Waals surface area contributed by atoms with Gasteiger partial charge in [-0.05, 0) is 31.2 Å². The first-order valence-electron chi connectivity index (χ1n) is 9.27. The molecule has 2 heterocycles. The highest BCUT2D eigenvalue weighted by Gasteiger charge is 2.21. The minimum Gasteiger partial charge on any atom is -0.393 e. The zero-order valence-electron chi connectivity index (χ0n) is 15.3. The lowest BCUT2D eigenvalue weighted by molar-refractivity contribution is 0.0744. The van der Waals surface area contributed by atoms with Gasteiger partial charge in [0.15, 0.2) is 11.5 Å². The maximum Gasteiger partial charge on any atom is 0.275 e. The van der Waals surface area contributed by atoms with Crippen LogP contribution in [-0.2, 0) is 13.0 Å². The first kappa shape index (κ1) is 18.6. The Bertz CT molecular complexity index is 693. The molecule has 140 valence electrons. The van der Waals surface area contributed by atoms with Crippen molar-refractivity contribution in [2.24, 2.45) is 0 Å². The molecule has 1 aliphatic heterocycles. The Labute approximate surface area is 154 Å². The molecule has 0 spiro atoms. The number of rotatable bonds is 7. The number of likely N-dealkylation sites (tertiary alicyclic amines) is 1. The maximum absolute atomic E-state index is 12.5. The van der Waals surface area contributed by atoms with Crippen molar-refractivity contribution < 1.29 is 14.4 Å². The van der Waals surface area contributed by atoms with Crippen LogP contribution in [0.3, 0.4) is 0 Å². The number of aliphatic hydroxyl groups excluding tert-OH is 1. The Balaban J connectivity index is 1.46. The summed E-state index contributed by atoms with van der Waals surface area (Å²) in [5.41, 5.74) is 1.64. The van der Waals surface area contributed by atoms with E-state index in [4.69, 9.17) is 4.52 Å². The first-order valence-corrected chi connectivity index (χ1v) is 9.27. The molecule has 0 unspecified atom stereocenters. The number of benzene rings is 1. The van der Waals surface area contributed by atoms with E-state index in [1.165, 1.54) is 5.56 Å². The van der Waals surface area contributed by atoms with E-state index in [0.717, 1.165) is 38.8 Å². The Morgan fingerprint density at radius 3 is 2.77 bits per heavy atom. The summed E-state index contributed by atoms with van der Waals surface area (Å²) in [6, 6.07) is 12.0. The van der Waals surface area contributed by atoms with Crippen LogP contribution in [0.4, 0.5) is 0 Å². The zero-order chi connectivity index (χ0) is 18.4. The van der Waals surface area contributed by atoms with Crippen molar-refractivity contribution >= 4 is 5.91 Å². The Kier molecular flexibility index (Phi) is 6.41. The number of aryl methyl sites for hydroxylation is 1. The molecule has 0 bridgehead atoms. The van der Waals surface area contributed by atoms with Gasteiger partial charge in [0.25, 0.3) is 5.91 Å². The highest BCUT2D eigenvalue weighted by molar-refractivity contribution is 5.92. The maximum atomic E-state index is 12.5. The normalized spacial score (nSPS) is 15.9. The van der Waals surface area contributed by atoms with Crippen molar-refractivity contribution in [1.29, 1.82) is 0 Å². The number of nitrogens with zero attached hydrogens (tertiary/aromatic N) is 3. The average Bonchev–Trinajstić information content (AvgIpc) is 3.12. The van der Waals surface area contributed by atoms with Crippen LogP contribution in [-0.4, -0.2) is 58.8 Å². The molecule has 26 heavy (non-hydrogen) atoms. The van der Waals surface area contributed by atoms with Gasteiger partial charge < -0.3 is 14.5 Å². The fourth-order valence-electron chi connectivity index (χ4n) is 3.25. The van der Waals surface area contributed by atoms with Gasteiger partial charge >= 0.3 is 0 Å². The van der Waals surface area contributed by atoms with E-state index < -0.39 is 0 Å². The fourth-order valence-corrected chi connectivity index (χ4v) is 3.25. The van der Waals surface area contributed by atoms with Crippen LogP contribution in [0, 0.1) is 0 Å². The lowest BCUT2D eigenvalue weighted by atomic mass is 10.1. The van der Waals surface area contributed by atoms with Crippen LogP contribution in [0.15, 0.2) is 40.9 Å². The van der Waals surface area contributed by atoms with E-state index in [0.29, 0.717) is 24.5 Å². The minimum absolute atomic E-state index is 0.109. The third-order valence-electron chi connectivity index (χ3n) is 4.86. The molecule has 0 radical (unpaired) electrons. The monoisotopic (exact) mass is 357 g/mol. The summed E-state index contributed by atoms with van der Waals surface area (Å²) in [7, 11) is 1.80. The van der Waals surface area contributed by atoms with E-state index in [1.54, 1.807) is 18.0 Å². The Morgan fingerprint density at radius 2 is 2.04 bits per heavy atom. The molecule has 1 saturated heterocycles. The number of hydrogen-bond donors (Lipinski definition) is 1. The van der Waals surface area contributed by atoms with Crippen LogP contribution < -0.4 is 0 Å². The second-order valence-electron chi connectivity index (χ2n) is 7.00. The molecule has 2 aromatic rings. The van der Waals surface area contributed by atoms with Crippen molar-refractivity contribution in [2.75, 3.05) is 26.7 Å². The molecule has 3 rings (SSSR count). The molecule has 1 fully saturated rings. The van der Waals surface area contributed by atoms with Crippen molar-refractivity contribution in [1.82, 2.24) is 15.0 Å². The van der Waals surface area contributed by atoms with Gasteiger partial charge in [0.05, 0.1) is 12.6 Å². The van der Waals surface area contributed by atoms with Crippen molar-refractivity contribution in [3.63, 3.8) is 0 Å². The molecule has 1 N–H and O–H groups in total. The summed E-state index contributed by atoms with van der Waals surface area (Å²) in [5, 5.41) is 13.5. The van der Waals surface area contributed by atoms with Gasteiger partial charge in [0.2, 0.25) is 0 Å². The highest BCUT2D eigenvalue weighted by Crippen LogP contribution is 2.15. The molecule has 1 aromatic carbocycles. The predicted molar refractivity (Wildman–Crippen MR) is 98.7 cm³/mol. The highest BCUT2D eigenvalue weighted by atomic mass is 16.5. The molecule has 0 atom stereocenters. The molecule has 1 amide bonds. The van der Waals surface area contributed by atoms with Gasteiger partial charge in [-0.2, -0.15) is 0 Å². The molecule has 0 aliphatic carbocycles. The van der Waals surface area contributed by atoms with E-state index in [-0.39, 0.29) is 12.0 Å². The van der Waals surface area contributed by atoms with E-state index in [2.05, 4.69) is 22.2 Å². The van der Waals surface area contributed by atoms with Crippen molar-refractivity contribution in [3.8, 4) is 0 Å². The topological polar surface area (TPSA) is 69.8 Å². The van der Waals surface area contributed by atoms with Crippen LogP contribution in [0.5, 0.6) is 0 Å². The number of piperidine rings is 1. The van der Waals surface area contributed by atoms with E-state index >= 15 is 0 Å². The summed E-state index contributed by atoms with van der Waals surface area (Å²) >= 11 is 0. The van der Waals surface area contributed by atoms with Gasteiger partial charge in [0.1, 0.15) is 0 Å². The molecule has 1 aromatic heterocycles. The average molecular weight is 357 g/mol. The van der Waals surface area contributed by atoms with Gasteiger partial charge in [-0.15, -0.1) is 0 Å². The summed E-state index contributed by atoms with van der Waals surface area (Å²) in [4.78, 5) is 16.4. The molecule has 1 aliphatic rings. The molecular formula is C20H27N3O3. The molecule has 6 nitrogen and oxygen atoms in total. The summed E-state index contributed by atoms with van der Waals surface area (Å²) in [6.07, 6.45) is 3.23. The minimum atomic E-state index is -0.192. The van der Waals surface area contributed by atoms with Gasteiger partial charge in [-0.25, -0.2) is 0 Å². The second-order valence-corrected chi connectivity index (χ2v) is 7.00. The lowest BCUT2D eigenvalue weighted by Gasteiger charge is -2.28. The molecule has 6 heteroatoms. The van der Waals surface area contributed by atoms with Crippen LogP contribution in [0.1, 0.15) is 41.1 Å². The number of aromatic nitrogens is 1. The summed E-state index contributed by atoms with van der Waals surface area (Å²) < 4.78 is 5.34. The summed E-state index contributed by atoms with van der Waals surface area (Å²) in [5.74, 6) is 0.588.